The Balaban J connectivity index is 1.91. The highest BCUT2D eigenvalue weighted by Gasteiger charge is 2.40. The number of methoxy groups -OCH3 is 1. The Morgan fingerprint density at radius 3 is 2.59 bits per heavy atom. The van der Waals surface area contributed by atoms with E-state index in [9.17, 15) is 4.79 Å². The van der Waals surface area contributed by atoms with Crippen molar-refractivity contribution in [3.8, 4) is 5.75 Å². The number of carbonyl (C=O) groups is 1. The van der Waals surface area contributed by atoms with Crippen molar-refractivity contribution in [3.05, 3.63) is 42.0 Å². The summed E-state index contributed by atoms with van der Waals surface area (Å²) in [6.07, 6.45) is 6.38. The molecule has 2 aliphatic rings. The van der Waals surface area contributed by atoms with Crippen LogP contribution >= 0.6 is 0 Å². The molecule has 0 heterocycles. The molecule has 0 amide bonds. The fourth-order valence-corrected chi connectivity index (χ4v) is 3.02. The molecule has 2 aliphatic carbocycles. The number of ether oxygens (including phenoxy) is 1. The van der Waals surface area contributed by atoms with Gasteiger partial charge in [-0.1, -0.05) is 24.3 Å². The number of allylic oxidation sites excluding steroid dienone is 2. The van der Waals surface area contributed by atoms with Gasteiger partial charge in [0.25, 0.3) is 0 Å². The number of benzene rings is 1. The average molecular weight is 228 g/mol. The van der Waals surface area contributed by atoms with Gasteiger partial charge in [-0.15, -0.1) is 0 Å². The van der Waals surface area contributed by atoms with Gasteiger partial charge >= 0.3 is 0 Å². The van der Waals surface area contributed by atoms with E-state index >= 15 is 0 Å². The van der Waals surface area contributed by atoms with Crippen molar-refractivity contribution >= 4 is 5.78 Å². The van der Waals surface area contributed by atoms with E-state index in [1.807, 2.05) is 12.1 Å². The van der Waals surface area contributed by atoms with Gasteiger partial charge in [-0.25, -0.2) is 0 Å². The lowest BCUT2D eigenvalue weighted by Gasteiger charge is -2.23. The number of fused-ring (bicyclic) bond motifs is 2. The Hall–Kier alpha value is -1.57. The maximum atomic E-state index is 12.0. The lowest BCUT2D eigenvalue weighted by atomic mass is 9.80. The van der Waals surface area contributed by atoms with Gasteiger partial charge in [0.2, 0.25) is 0 Å². The zero-order valence-corrected chi connectivity index (χ0v) is 9.93. The summed E-state index contributed by atoms with van der Waals surface area (Å²) >= 11 is 0. The second-order valence-electron chi connectivity index (χ2n) is 4.88. The number of rotatable bonds is 2. The van der Waals surface area contributed by atoms with E-state index in [1.54, 1.807) is 7.11 Å². The summed E-state index contributed by atoms with van der Waals surface area (Å²) in [6.45, 7) is 0. The molecule has 1 aromatic rings. The minimum absolute atomic E-state index is 0.203. The average Bonchev–Trinajstić information content (AvgIpc) is 2.62. The zero-order chi connectivity index (χ0) is 11.8. The molecule has 3 rings (SSSR count). The standard InChI is InChI=1S/C15H16O2/c1-17-12-6-2-10(3-7-12)13-8-4-11-5-9-14(13)15(11)16/h2-4,6-8,11,13-14H,5,9H2,1H3/t11-,13+,14-/m0/s1. The third-order valence-electron chi connectivity index (χ3n) is 4.00. The molecule has 1 fully saturated rings. The fourth-order valence-electron chi connectivity index (χ4n) is 3.02. The molecule has 0 aliphatic heterocycles. The minimum atomic E-state index is 0.203. The number of carbonyl (C=O) groups excluding carboxylic acids is 1. The van der Waals surface area contributed by atoms with Crippen LogP contribution in [0.25, 0.3) is 0 Å². The Labute approximate surface area is 101 Å². The van der Waals surface area contributed by atoms with E-state index in [2.05, 4.69) is 24.3 Å². The Kier molecular flexibility index (Phi) is 2.50. The maximum Gasteiger partial charge on any atom is 0.143 e. The predicted molar refractivity (Wildman–Crippen MR) is 66.1 cm³/mol. The molecule has 0 aromatic heterocycles. The molecule has 0 unspecified atom stereocenters. The van der Waals surface area contributed by atoms with Crippen LogP contribution in [0.4, 0.5) is 0 Å². The molecule has 0 saturated heterocycles. The van der Waals surface area contributed by atoms with E-state index in [4.69, 9.17) is 4.74 Å². The van der Waals surface area contributed by atoms with Crippen LogP contribution in [0.2, 0.25) is 0 Å². The number of Topliss-reactive ketones (excluding diaryl/α,β-unsaturated/α-hetero) is 1. The number of hydrogen-bond donors (Lipinski definition) is 0. The van der Waals surface area contributed by atoms with Gasteiger partial charge in [0, 0.05) is 17.8 Å². The first kappa shape index (κ1) is 10.6. The van der Waals surface area contributed by atoms with E-state index in [1.165, 1.54) is 5.56 Å². The molecule has 0 radical (unpaired) electrons. The van der Waals surface area contributed by atoms with E-state index < -0.39 is 0 Å². The SMILES string of the molecule is COc1ccc([C@H]2C=C[C@H]3CC[C@@H]2C3=O)cc1. The van der Waals surface area contributed by atoms with Crippen LogP contribution in [-0.2, 0) is 4.79 Å². The lowest BCUT2D eigenvalue weighted by molar-refractivity contribution is -0.123. The van der Waals surface area contributed by atoms with Crippen LogP contribution in [0.15, 0.2) is 36.4 Å². The van der Waals surface area contributed by atoms with Crippen molar-refractivity contribution in [2.45, 2.75) is 18.8 Å². The van der Waals surface area contributed by atoms with Gasteiger partial charge in [-0.05, 0) is 30.5 Å². The van der Waals surface area contributed by atoms with Crippen molar-refractivity contribution < 1.29 is 9.53 Å². The molecule has 2 heteroatoms. The predicted octanol–water partition coefficient (Wildman–Crippen LogP) is 2.94. The van der Waals surface area contributed by atoms with Crippen LogP contribution in [0.1, 0.15) is 24.3 Å². The summed E-state index contributed by atoms with van der Waals surface area (Å²) < 4.78 is 5.15. The second kappa shape index (κ2) is 4.02. The molecule has 1 aromatic carbocycles. The molecule has 17 heavy (non-hydrogen) atoms. The van der Waals surface area contributed by atoms with E-state index in [0.717, 1.165) is 18.6 Å². The molecule has 88 valence electrons. The normalized spacial score (nSPS) is 30.6. The summed E-state index contributed by atoms with van der Waals surface area (Å²) in [6, 6.07) is 8.07. The van der Waals surface area contributed by atoms with Crippen molar-refractivity contribution in [2.24, 2.45) is 11.8 Å². The van der Waals surface area contributed by atoms with Crippen LogP contribution in [-0.4, -0.2) is 12.9 Å². The quantitative estimate of drug-likeness (QED) is 0.727. The third-order valence-corrected chi connectivity index (χ3v) is 4.00. The van der Waals surface area contributed by atoms with Gasteiger partial charge in [-0.2, -0.15) is 0 Å². The molecule has 2 bridgehead atoms. The van der Waals surface area contributed by atoms with E-state index in [0.29, 0.717) is 5.78 Å². The smallest absolute Gasteiger partial charge is 0.143 e. The Morgan fingerprint density at radius 1 is 1.12 bits per heavy atom. The summed E-state index contributed by atoms with van der Waals surface area (Å²) in [5, 5.41) is 0. The maximum absolute atomic E-state index is 12.0. The number of ketones is 1. The summed E-state index contributed by atoms with van der Waals surface area (Å²) in [7, 11) is 1.67. The van der Waals surface area contributed by atoms with E-state index in [-0.39, 0.29) is 17.8 Å². The topological polar surface area (TPSA) is 26.3 Å². The van der Waals surface area contributed by atoms with Crippen molar-refractivity contribution in [3.63, 3.8) is 0 Å². The van der Waals surface area contributed by atoms with Gasteiger partial charge in [0.15, 0.2) is 0 Å². The zero-order valence-electron chi connectivity index (χ0n) is 9.93. The molecular formula is C15H16O2. The molecule has 1 saturated carbocycles. The van der Waals surface area contributed by atoms with Gasteiger partial charge in [0.1, 0.15) is 11.5 Å². The summed E-state index contributed by atoms with van der Waals surface area (Å²) in [5.41, 5.74) is 1.22. The second-order valence-corrected chi connectivity index (χ2v) is 4.88. The third kappa shape index (κ3) is 1.68. The summed E-state index contributed by atoms with van der Waals surface area (Å²) in [4.78, 5) is 12.0. The van der Waals surface area contributed by atoms with Crippen LogP contribution in [0.5, 0.6) is 5.75 Å². The molecule has 2 nitrogen and oxygen atoms in total. The van der Waals surface area contributed by atoms with Gasteiger partial charge in [-0.3, -0.25) is 4.79 Å². The van der Waals surface area contributed by atoms with Crippen LogP contribution in [0.3, 0.4) is 0 Å². The van der Waals surface area contributed by atoms with Gasteiger partial charge < -0.3 is 4.74 Å². The van der Waals surface area contributed by atoms with Crippen molar-refractivity contribution in [1.29, 1.82) is 0 Å². The van der Waals surface area contributed by atoms with Crippen molar-refractivity contribution in [1.82, 2.24) is 0 Å². The van der Waals surface area contributed by atoms with Gasteiger partial charge in [0.05, 0.1) is 7.11 Å². The van der Waals surface area contributed by atoms with Crippen LogP contribution < -0.4 is 4.74 Å². The minimum Gasteiger partial charge on any atom is -0.497 e. The molecule has 0 spiro atoms. The van der Waals surface area contributed by atoms with Crippen molar-refractivity contribution in [2.75, 3.05) is 7.11 Å². The molecule has 0 N–H and O–H groups in total. The Morgan fingerprint density at radius 2 is 1.88 bits per heavy atom. The first-order chi connectivity index (χ1) is 8.29. The highest BCUT2D eigenvalue weighted by atomic mass is 16.5. The molecular weight excluding hydrogens is 212 g/mol. The first-order valence-corrected chi connectivity index (χ1v) is 6.15. The largest absolute Gasteiger partial charge is 0.497 e. The van der Waals surface area contributed by atoms with Crippen LogP contribution in [0, 0.1) is 11.8 Å². The highest BCUT2D eigenvalue weighted by Crippen LogP contribution is 2.43. The first-order valence-electron chi connectivity index (χ1n) is 6.15. The highest BCUT2D eigenvalue weighted by molar-refractivity contribution is 5.89. The Bertz CT molecular complexity index is 458. The number of hydrogen-bond acceptors (Lipinski definition) is 2. The molecule has 3 atom stereocenters. The lowest BCUT2D eigenvalue weighted by Crippen LogP contribution is -2.22. The monoisotopic (exact) mass is 228 g/mol. The summed E-state index contributed by atoms with van der Waals surface area (Å²) in [5.74, 6) is 1.98. The fraction of sp³-hybridized carbons (Fsp3) is 0.400.